The first kappa shape index (κ1) is 16.1. The van der Waals surface area contributed by atoms with E-state index in [1.54, 1.807) is 24.3 Å². The van der Waals surface area contributed by atoms with Crippen molar-refractivity contribution < 1.29 is 4.39 Å². The Labute approximate surface area is 140 Å². The van der Waals surface area contributed by atoms with E-state index < -0.39 is 5.82 Å². The Balaban J connectivity index is 1.72. The fraction of sp³-hybridized carbons (Fsp3) is 0.353. The van der Waals surface area contributed by atoms with E-state index in [-0.39, 0.29) is 11.9 Å². The van der Waals surface area contributed by atoms with Crippen molar-refractivity contribution in [1.82, 2.24) is 14.9 Å². The normalized spacial score (nSPS) is 15.7. The summed E-state index contributed by atoms with van der Waals surface area (Å²) in [6.45, 7) is 1.97. The van der Waals surface area contributed by atoms with E-state index in [9.17, 15) is 4.39 Å². The number of nitriles is 1. The second-order valence-electron chi connectivity index (χ2n) is 5.93. The number of nitrogens with zero attached hydrogens (tertiary/aromatic N) is 4. The number of hydrogen-bond acceptors (Lipinski definition) is 6. The molecule has 2 heterocycles. The molecule has 1 aliphatic rings. The van der Waals surface area contributed by atoms with Gasteiger partial charge in [0.1, 0.15) is 0 Å². The maximum absolute atomic E-state index is 14.0. The van der Waals surface area contributed by atoms with Crippen molar-refractivity contribution in [3.8, 4) is 6.07 Å². The van der Waals surface area contributed by atoms with Crippen molar-refractivity contribution in [3.63, 3.8) is 0 Å². The molecule has 6 nitrogen and oxygen atoms in total. The number of benzene rings is 1. The average molecular weight is 326 g/mol. The summed E-state index contributed by atoms with van der Waals surface area (Å²) < 4.78 is 14.0. The van der Waals surface area contributed by atoms with E-state index >= 15 is 0 Å². The van der Waals surface area contributed by atoms with Crippen LogP contribution in [0.1, 0.15) is 18.4 Å². The topological polar surface area (TPSA) is 76.9 Å². The first-order valence-corrected chi connectivity index (χ1v) is 7.89. The van der Waals surface area contributed by atoms with Gasteiger partial charge >= 0.3 is 0 Å². The van der Waals surface area contributed by atoms with Crippen LogP contribution < -0.4 is 10.6 Å². The van der Waals surface area contributed by atoms with E-state index in [1.165, 1.54) is 0 Å². The van der Waals surface area contributed by atoms with Gasteiger partial charge in [-0.1, -0.05) is 6.07 Å². The Hall–Kier alpha value is -2.72. The second-order valence-corrected chi connectivity index (χ2v) is 5.93. The summed E-state index contributed by atoms with van der Waals surface area (Å²) in [6.07, 6.45) is 3.06. The van der Waals surface area contributed by atoms with Crippen molar-refractivity contribution in [3.05, 3.63) is 41.8 Å². The number of halogens is 1. The minimum absolute atomic E-state index is 0.207. The Morgan fingerprint density at radius 1 is 1.33 bits per heavy atom. The van der Waals surface area contributed by atoms with Crippen LogP contribution in [-0.2, 0) is 0 Å². The summed E-state index contributed by atoms with van der Waals surface area (Å²) in [6, 6.07) is 9.26. The highest BCUT2D eigenvalue weighted by molar-refractivity contribution is 5.57. The van der Waals surface area contributed by atoms with Gasteiger partial charge in [0.25, 0.3) is 0 Å². The molecule has 0 aliphatic carbocycles. The molecule has 0 amide bonds. The SMILES string of the molecule is CN1CCC(Nc2nc(Nc3cccc(C#N)c3)ncc2F)CC1. The van der Waals surface area contributed by atoms with Crippen LogP contribution in [0.2, 0.25) is 0 Å². The van der Waals surface area contributed by atoms with Crippen LogP contribution in [0.4, 0.5) is 21.8 Å². The van der Waals surface area contributed by atoms with Gasteiger partial charge in [0, 0.05) is 11.7 Å². The summed E-state index contributed by atoms with van der Waals surface area (Å²) in [5.41, 5.74) is 1.22. The predicted octanol–water partition coefficient (Wildman–Crippen LogP) is 2.74. The molecule has 0 bridgehead atoms. The summed E-state index contributed by atoms with van der Waals surface area (Å²) in [5.74, 6) is 0.0330. The van der Waals surface area contributed by atoms with Crippen molar-refractivity contribution in [2.75, 3.05) is 30.8 Å². The van der Waals surface area contributed by atoms with E-state index in [4.69, 9.17) is 5.26 Å². The molecule has 0 atom stereocenters. The number of anilines is 3. The van der Waals surface area contributed by atoms with E-state index in [0.29, 0.717) is 17.2 Å². The predicted molar refractivity (Wildman–Crippen MR) is 90.6 cm³/mol. The maximum Gasteiger partial charge on any atom is 0.229 e. The number of piperidine rings is 1. The second kappa shape index (κ2) is 7.23. The third-order valence-electron chi connectivity index (χ3n) is 4.05. The third kappa shape index (κ3) is 3.97. The van der Waals surface area contributed by atoms with Gasteiger partial charge in [-0.25, -0.2) is 9.37 Å². The van der Waals surface area contributed by atoms with Crippen LogP contribution >= 0.6 is 0 Å². The Bertz CT molecular complexity index is 749. The smallest absolute Gasteiger partial charge is 0.229 e. The molecule has 2 N–H and O–H groups in total. The summed E-state index contributed by atoms with van der Waals surface area (Å²) in [4.78, 5) is 10.5. The van der Waals surface area contributed by atoms with Crippen LogP contribution in [0.15, 0.2) is 30.5 Å². The van der Waals surface area contributed by atoms with Crippen molar-refractivity contribution in [2.24, 2.45) is 0 Å². The molecule has 0 unspecified atom stereocenters. The van der Waals surface area contributed by atoms with Gasteiger partial charge in [-0.3, -0.25) is 0 Å². The lowest BCUT2D eigenvalue weighted by molar-refractivity contribution is 0.263. The van der Waals surface area contributed by atoms with Crippen LogP contribution in [-0.4, -0.2) is 41.0 Å². The molecule has 7 heteroatoms. The lowest BCUT2D eigenvalue weighted by Crippen LogP contribution is -2.37. The Kier molecular flexibility index (Phi) is 4.87. The molecule has 1 fully saturated rings. The van der Waals surface area contributed by atoms with Gasteiger partial charge < -0.3 is 15.5 Å². The molecule has 0 saturated carbocycles. The highest BCUT2D eigenvalue weighted by Crippen LogP contribution is 2.20. The third-order valence-corrected chi connectivity index (χ3v) is 4.05. The van der Waals surface area contributed by atoms with Crippen LogP contribution in [0.25, 0.3) is 0 Å². The number of aromatic nitrogens is 2. The van der Waals surface area contributed by atoms with Gasteiger partial charge in [-0.15, -0.1) is 0 Å². The fourth-order valence-corrected chi connectivity index (χ4v) is 2.67. The van der Waals surface area contributed by atoms with Crippen molar-refractivity contribution in [2.45, 2.75) is 18.9 Å². The molecule has 1 saturated heterocycles. The Morgan fingerprint density at radius 2 is 2.12 bits per heavy atom. The highest BCUT2D eigenvalue weighted by Gasteiger charge is 2.18. The van der Waals surface area contributed by atoms with Gasteiger partial charge in [-0.05, 0) is 51.2 Å². The van der Waals surface area contributed by atoms with Crippen LogP contribution in [0.5, 0.6) is 0 Å². The molecule has 0 radical (unpaired) electrons. The van der Waals surface area contributed by atoms with Crippen molar-refractivity contribution in [1.29, 1.82) is 5.26 Å². The number of nitrogens with one attached hydrogen (secondary N) is 2. The molecular weight excluding hydrogens is 307 g/mol. The van der Waals surface area contributed by atoms with E-state index in [0.717, 1.165) is 32.1 Å². The highest BCUT2D eigenvalue weighted by atomic mass is 19.1. The van der Waals surface area contributed by atoms with Gasteiger partial charge in [0.05, 0.1) is 17.8 Å². The lowest BCUT2D eigenvalue weighted by Gasteiger charge is -2.29. The van der Waals surface area contributed by atoms with E-state index in [2.05, 4.69) is 38.6 Å². The van der Waals surface area contributed by atoms with Gasteiger partial charge in [0.2, 0.25) is 5.95 Å². The number of hydrogen-bond donors (Lipinski definition) is 2. The van der Waals surface area contributed by atoms with E-state index in [1.807, 2.05) is 0 Å². The minimum Gasteiger partial charge on any atom is -0.365 e. The number of rotatable bonds is 4. The molecule has 124 valence electrons. The molecule has 24 heavy (non-hydrogen) atoms. The van der Waals surface area contributed by atoms with Crippen LogP contribution in [0.3, 0.4) is 0 Å². The van der Waals surface area contributed by atoms with Crippen molar-refractivity contribution >= 4 is 17.5 Å². The molecule has 1 aromatic heterocycles. The Morgan fingerprint density at radius 3 is 2.88 bits per heavy atom. The fourth-order valence-electron chi connectivity index (χ4n) is 2.67. The standard InChI is InChI=1S/C17H19FN6/c1-24-7-5-13(6-8-24)21-16-15(18)11-20-17(23-16)22-14-4-2-3-12(9-14)10-19/h2-4,9,11,13H,5-8H2,1H3,(H2,20,21,22,23). The first-order chi connectivity index (χ1) is 11.6. The molecular formula is C17H19FN6. The number of likely N-dealkylation sites (tertiary alicyclic amines) is 1. The monoisotopic (exact) mass is 326 g/mol. The summed E-state index contributed by atoms with van der Waals surface area (Å²) >= 11 is 0. The first-order valence-electron chi connectivity index (χ1n) is 7.89. The zero-order chi connectivity index (χ0) is 16.9. The lowest BCUT2D eigenvalue weighted by atomic mass is 10.1. The zero-order valence-corrected chi connectivity index (χ0v) is 13.5. The molecule has 2 aromatic rings. The largest absolute Gasteiger partial charge is 0.365 e. The summed E-state index contributed by atoms with van der Waals surface area (Å²) in [7, 11) is 2.08. The molecule has 1 aliphatic heterocycles. The maximum atomic E-state index is 14.0. The quantitative estimate of drug-likeness (QED) is 0.900. The van der Waals surface area contributed by atoms with Crippen LogP contribution in [0, 0.1) is 17.1 Å². The van der Waals surface area contributed by atoms with Gasteiger partial charge in [-0.2, -0.15) is 10.2 Å². The average Bonchev–Trinajstić information content (AvgIpc) is 2.60. The molecule has 1 aromatic carbocycles. The zero-order valence-electron chi connectivity index (χ0n) is 13.5. The van der Waals surface area contributed by atoms with Gasteiger partial charge in [0.15, 0.2) is 11.6 Å². The molecule has 0 spiro atoms. The minimum atomic E-state index is -0.467. The summed E-state index contributed by atoms with van der Waals surface area (Å²) in [5, 5.41) is 15.1. The molecule has 3 rings (SSSR count).